The Morgan fingerprint density at radius 2 is 2.04 bits per heavy atom. The van der Waals surface area contributed by atoms with Crippen LogP contribution in [-0.2, 0) is 17.9 Å². The van der Waals surface area contributed by atoms with E-state index in [0.29, 0.717) is 13.2 Å². The van der Waals surface area contributed by atoms with Gasteiger partial charge in [-0.3, -0.25) is 4.90 Å². The van der Waals surface area contributed by atoms with Crippen molar-refractivity contribution in [3.05, 3.63) is 65.0 Å². The van der Waals surface area contributed by atoms with Crippen LogP contribution in [0.25, 0.3) is 0 Å². The molecule has 1 atom stereocenters. The van der Waals surface area contributed by atoms with E-state index < -0.39 is 0 Å². The van der Waals surface area contributed by atoms with Gasteiger partial charge >= 0.3 is 0 Å². The normalized spacial score (nSPS) is 18.3. The maximum atomic E-state index is 13.1. The molecule has 0 spiro atoms. The first kappa shape index (κ1) is 17.9. The Labute approximate surface area is 147 Å². The number of rotatable bonds is 6. The van der Waals surface area contributed by atoms with Gasteiger partial charge in [0.25, 0.3) is 0 Å². The van der Waals surface area contributed by atoms with Crippen molar-refractivity contribution in [3.63, 3.8) is 0 Å². The Morgan fingerprint density at radius 1 is 1.24 bits per heavy atom. The van der Waals surface area contributed by atoms with Gasteiger partial charge in [0.15, 0.2) is 0 Å². The van der Waals surface area contributed by atoms with E-state index in [4.69, 9.17) is 9.47 Å². The van der Waals surface area contributed by atoms with Crippen LogP contribution in [0.4, 0.5) is 4.39 Å². The predicted octanol–water partition coefficient (Wildman–Crippen LogP) is 3.29. The van der Waals surface area contributed by atoms with Crippen molar-refractivity contribution in [2.24, 2.45) is 0 Å². The van der Waals surface area contributed by atoms with E-state index in [1.807, 2.05) is 25.1 Å². The van der Waals surface area contributed by atoms with Crippen molar-refractivity contribution in [2.45, 2.75) is 26.2 Å². The summed E-state index contributed by atoms with van der Waals surface area (Å²) in [5.74, 6) is 0.502. The van der Waals surface area contributed by atoms with Crippen LogP contribution in [0.1, 0.15) is 29.7 Å². The molecule has 1 aliphatic heterocycles. The molecule has 2 aromatic carbocycles. The molecule has 1 saturated heterocycles. The molecule has 2 aromatic rings. The minimum absolute atomic E-state index is 0.0372. The number of hydrogen-bond acceptors (Lipinski definition) is 4. The molecule has 4 nitrogen and oxygen atoms in total. The summed E-state index contributed by atoms with van der Waals surface area (Å²) in [4.78, 5) is 2.31. The quantitative estimate of drug-likeness (QED) is 0.872. The zero-order valence-corrected chi connectivity index (χ0v) is 14.5. The second kappa shape index (κ2) is 8.43. The number of ether oxygens (including phenoxy) is 2. The molecule has 1 N–H and O–H groups in total. The lowest BCUT2D eigenvalue weighted by Gasteiger charge is -2.33. The molecule has 1 fully saturated rings. The van der Waals surface area contributed by atoms with Crippen LogP contribution < -0.4 is 4.74 Å². The van der Waals surface area contributed by atoms with Gasteiger partial charge in [-0.05, 0) is 42.3 Å². The average molecular weight is 345 g/mol. The maximum absolute atomic E-state index is 13.1. The van der Waals surface area contributed by atoms with Crippen LogP contribution in [0.3, 0.4) is 0 Å². The molecule has 5 heteroatoms. The first-order valence-corrected chi connectivity index (χ1v) is 8.64. The standard InChI is InChI=1S/C20H24FNO3/c1-2-24-19-8-3-15(11-17(19)14-23)12-22-9-10-25-20(13-22)16-4-6-18(21)7-5-16/h3-8,11,20,23H,2,9-10,12-14H2,1H3. The summed E-state index contributed by atoms with van der Waals surface area (Å²) in [7, 11) is 0. The third kappa shape index (κ3) is 4.57. The molecule has 0 aromatic heterocycles. The highest BCUT2D eigenvalue weighted by Crippen LogP contribution is 2.25. The minimum Gasteiger partial charge on any atom is -0.494 e. The second-order valence-corrected chi connectivity index (χ2v) is 6.18. The number of halogens is 1. The highest BCUT2D eigenvalue weighted by atomic mass is 19.1. The Balaban J connectivity index is 1.67. The third-order valence-electron chi connectivity index (χ3n) is 4.39. The van der Waals surface area contributed by atoms with Crippen LogP contribution >= 0.6 is 0 Å². The molecule has 3 rings (SSSR count). The number of morpholine rings is 1. The van der Waals surface area contributed by atoms with Crippen molar-refractivity contribution in [3.8, 4) is 5.75 Å². The molecule has 1 unspecified atom stereocenters. The van der Waals surface area contributed by atoms with Crippen LogP contribution in [-0.4, -0.2) is 36.3 Å². The molecule has 0 amide bonds. The summed E-state index contributed by atoms with van der Waals surface area (Å²) >= 11 is 0. The molecule has 0 bridgehead atoms. The van der Waals surface area contributed by atoms with Gasteiger partial charge < -0.3 is 14.6 Å². The molecule has 134 valence electrons. The Hall–Kier alpha value is -1.95. The summed E-state index contributed by atoms with van der Waals surface area (Å²) < 4.78 is 24.5. The van der Waals surface area contributed by atoms with Gasteiger partial charge in [-0.15, -0.1) is 0 Å². The minimum atomic E-state index is -0.234. The molecular formula is C20H24FNO3. The summed E-state index contributed by atoms with van der Waals surface area (Å²) in [6, 6.07) is 12.5. The van der Waals surface area contributed by atoms with Gasteiger partial charge in [0.05, 0.1) is 25.9 Å². The lowest BCUT2D eigenvalue weighted by atomic mass is 10.1. The van der Waals surface area contributed by atoms with Crippen molar-refractivity contribution < 1.29 is 19.0 Å². The Bertz CT molecular complexity index is 690. The van der Waals surface area contributed by atoms with Gasteiger partial charge in [-0.2, -0.15) is 0 Å². The van der Waals surface area contributed by atoms with Gasteiger partial charge in [-0.1, -0.05) is 18.2 Å². The molecule has 25 heavy (non-hydrogen) atoms. The first-order valence-electron chi connectivity index (χ1n) is 8.64. The number of nitrogens with zero attached hydrogens (tertiary/aromatic N) is 1. The van der Waals surface area contributed by atoms with E-state index in [2.05, 4.69) is 4.90 Å². The van der Waals surface area contributed by atoms with Gasteiger partial charge in [-0.25, -0.2) is 4.39 Å². The van der Waals surface area contributed by atoms with Crippen LogP contribution in [0.5, 0.6) is 5.75 Å². The highest BCUT2D eigenvalue weighted by molar-refractivity contribution is 5.37. The molecule has 1 heterocycles. The van der Waals surface area contributed by atoms with E-state index in [1.54, 1.807) is 12.1 Å². The number of aliphatic hydroxyl groups excluding tert-OH is 1. The van der Waals surface area contributed by atoms with E-state index >= 15 is 0 Å². The lowest BCUT2D eigenvalue weighted by molar-refractivity contribution is -0.0329. The van der Waals surface area contributed by atoms with E-state index in [-0.39, 0.29) is 18.5 Å². The van der Waals surface area contributed by atoms with Crippen molar-refractivity contribution in [1.29, 1.82) is 0 Å². The Morgan fingerprint density at radius 3 is 2.76 bits per heavy atom. The fourth-order valence-corrected chi connectivity index (χ4v) is 3.13. The topological polar surface area (TPSA) is 41.9 Å². The zero-order chi connectivity index (χ0) is 17.6. The van der Waals surface area contributed by atoms with Crippen molar-refractivity contribution >= 4 is 0 Å². The molecule has 0 aliphatic carbocycles. The molecular weight excluding hydrogens is 321 g/mol. The summed E-state index contributed by atoms with van der Waals surface area (Å²) in [5, 5.41) is 9.54. The van der Waals surface area contributed by atoms with E-state index in [0.717, 1.165) is 42.1 Å². The summed E-state index contributed by atoms with van der Waals surface area (Å²) in [6.07, 6.45) is -0.0469. The van der Waals surface area contributed by atoms with Crippen molar-refractivity contribution in [2.75, 3.05) is 26.3 Å². The van der Waals surface area contributed by atoms with E-state index in [1.165, 1.54) is 12.1 Å². The average Bonchev–Trinajstić information content (AvgIpc) is 2.64. The zero-order valence-electron chi connectivity index (χ0n) is 14.5. The largest absolute Gasteiger partial charge is 0.494 e. The summed E-state index contributed by atoms with van der Waals surface area (Å²) in [6.45, 7) is 5.50. The van der Waals surface area contributed by atoms with Gasteiger partial charge in [0, 0.05) is 25.2 Å². The SMILES string of the molecule is CCOc1ccc(CN2CCOC(c3ccc(F)cc3)C2)cc1CO. The van der Waals surface area contributed by atoms with Gasteiger partial charge in [0.1, 0.15) is 11.6 Å². The smallest absolute Gasteiger partial charge is 0.124 e. The highest BCUT2D eigenvalue weighted by Gasteiger charge is 2.22. The van der Waals surface area contributed by atoms with Crippen LogP contribution in [0, 0.1) is 5.82 Å². The summed E-state index contributed by atoms with van der Waals surface area (Å²) in [5.41, 5.74) is 2.93. The Kier molecular flexibility index (Phi) is 6.02. The monoisotopic (exact) mass is 345 g/mol. The lowest BCUT2D eigenvalue weighted by Crippen LogP contribution is -2.37. The molecule has 0 radical (unpaired) electrons. The predicted molar refractivity (Wildman–Crippen MR) is 93.9 cm³/mol. The number of hydrogen-bond donors (Lipinski definition) is 1. The van der Waals surface area contributed by atoms with Gasteiger partial charge in [0.2, 0.25) is 0 Å². The fraction of sp³-hybridized carbons (Fsp3) is 0.400. The van der Waals surface area contributed by atoms with Crippen LogP contribution in [0.2, 0.25) is 0 Å². The fourth-order valence-electron chi connectivity index (χ4n) is 3.13. The van der Waals surface area contributed by atoms with E-state index in [9.17, 15) is 9.50 Å². The number of aliphatic hydroxyl groups is 1. The first-order chi connectivity index (χ1) is 12.2. The van der Waals surface area contributed by atoms with Crippen LogP contribution in [0.15, 0.2) is 42.5 Å². The third-order valence-corrected chi connectivity index (χ3v) is 4.39. The maximum Gasteiger partial charge on any atom is 0.124 e. The molecule has 0 saturated carbocycles. The van der Waals surface area contributed by atoms with Crippen molar-refractivity contribution in [1.82, 2.24) is 4.90 Å². The second-order valence-electron chi connectivity index (χ2n) is 6.18. The number of benzene rings is 2. The molecule has 1 aliphatic rings.